The van der Waals surface area contributed by atoms with E-state index >= 15 is 0 Å². The number of rotatable bonds is 9. The van der Waals surface area contributed by atoms with Crippen LogP contribution in [0.1, 0.15) is 58.4 Å². The average molecular weight is 1570 g/mol. The molecule has 35 heteroatoms. The van der Waals surface area contributed by atoms with Crippen molar-refractivity contribution in [3.8, 4) is 29.0 Å². The zero-order valence-electron chi connectivity index (χ0n) is 46.4. The van der Waals surface area contributed by atoms with Crippen LogP contribution in [0.25, 0.3) is 39.9 Å². The molecule has 10 aromatic rings. The second-order valence-electron chi connectivity index (χ2n) is 17.3. The van der Waals surface area contributed by atoms with Crippen LogP contribution in [0.5, 0.6) is 0 Å². The molecule has 0 atom stereocenters. The summed E-state index contributed by atoms with van der Waals surface area (Å²) in [5.41, 5.74) is 13.6. The quantitative estimate of drug-likeness (QED) is 0.0577. The Morgan fingerprint density at radius 1 is 0.607 bits per heavy atom. The number of halogens is 10. The molecular weight excluding hydrogens is 1520 g/mol. The normalized spacial score (nSPS) is 10.5. The number of nitrogen functional groups attached to an aromatic ring is 1. The van der Waals surface area contributed by atoms with Gasteiger partial charge in [-0.25, -0.2) is 56.8 Å². The number of aromatic carboxylic acids is 2. The highest BCUT2D eigenvalue weighted by Gasteiger charge is 2.24. The largest absolute Gasteiger partial charge is 0.478 e. The van der Waals surface area contributed by atoms with Gasteiger partial charge >= 0.3 is 17.6 Å². The number of carbonyl (C=O) groups excluding carboxylic acids is 2. The number of nitrogens with two attached hydrogens (primary N) is 2. The average Bonchev–Trinajstić information content (AvgIpc) is 1.92. The van der Waals surface area contributed by atoms with Crippen LogP contribution in [-0.2, 0) is 9.05 Å². The summed E-state index contributed by atoms with van der Waals surface area (Å²) < 4.78 is 29.5. The molecule has 89 heavy (non-hydrogen) atoms. The number of anilines is 2. The minimum Gasteiger partial charge on any atom is -0.478 e. The second-order valence-corrected chi connectivity index (χ2v) is 25.3. The molecule has 0 radical (unpaired) electrons. The number of hydrogen-bond acceptors (Lipinski definition) is 17. The van der Waals surface area contributed by atoms with Crippen molar-refractivity contribution in [2.24, 2.45) is 5.73 Å². The topological polar surface area (TPSA) is 354 Å². The van der Waals surface area contributed by atoms with Gasteiger partial charge in [0.2, 0.25) is 14.9 Å². The first-order valence-electron chi connectivity index (χ1n) is 24.4. The van der Waals surface area contributed by atoms with Gasteiger partial charge in [-0.15, -0.1) is 0 Å². The lowest BCUT2D eigenvalue weighted by atomic mass is 10.1. The monoisotopic (exact) mass is 1560 g/mol. The summed E-state index contributed by atoms with van der Waals surface area (Å²) in [5, 5.41) is 38.1. The third kappa shape index (κ3) is 19.7. The SMILES string of the molecule is CN.CNC(=O)c1cc(Cl)cc(C)c1NC(=O)c1cc(Br)nn1-c1ncccc1Cl.CS(=O)(=O)Cl.Cc1cc(Cl)cc(C(=O)O)c1N.Cc1cc(Cl)cc2c(=O)oc(-c3cc(Br)nn3-c3ncccc3Cl)nc12.O=C(O)c1cc(Br)nn1-c1ncccc1Cl. The van der Waals surface area contributed by atoms with Crippen LogP contribution in [-0.4, -0.2) is 112 Å². The maximum absolute atomic E-state index is 13.0. The Hall–Kier alpha value is -7.06. The van der Waals surface area contributed by atoms with Crippen molar-refractivity contribution in [1.29, 1.82) is 0 Å². The van der Waals surface area contributed by atoms with Gasteiger partial charge < -0.3 is 36.7 Å². The lowest BCUT2D eigenvalue weighted by molar-refractivity contribution is 0.0680. The summed E-state index contributed by atoms with van der Waals surface area (Å²) in [6.45, 7) is 5.29. The van der Waals surface area contributed by atoms with E-state index in [-0.39, 0.29) is 45.8 Å². The molecule has 0 aliphatic carbocycles. The van der Waals surface area contributed by atoms with E-state index in [1.54, 1.807) is 86.9 Å². The fourth-order valence-electron chi connectivity index (χ4n) is 7.35. The predicted octanol–water partition coefficient (Wildman–Crippen LogP) is 13.1. The number of carboxylic acids is 2. The van der Waals surface area contributed by atoms with Crippen LogP contribution < -0.4 is 27.7 Å². The van der Waals surface area contributed by atoms with E-state index in [0.717, 1.165) is 11.8 Å². The number of carbonyl (C=O) groups is 4. The van der Waals surface area contributed by atoms with Gasteiger partial charge in [-0.1, -0.05) is 69.6 Å². The zero-order chi connectivity index (χ0) is 66.4. The molecule has 0 saturated carbocycles. The first kappa shape index (κ1) is 72.7. The molecule has 10 rings (SSSR count). The van der Waals surface area contributed by atoms with E-state index < -0.39 is 32.5 Å². The molecule has 24 nitrogen and oxygen atoms in total. The first-order chi connectivity index (χ1) is 41.9. The standard InChI is InChI=1S/C18H14BrCl2N5O2.C17H9BrCl2N4O2.C9H5BrClN3O2.C8H8ClNO2.CH3ClO2S.CH5N/c1-9-6-10(20)7-11(17(27)22-2)15(9)24-18(28)13-8-14(19)25-26(13)16-12(21)4-3-5-23-16;1-8-5-9(19)6-10-14(8)22-16(26-17(10)25)12-7-13(18)23-24(12)15-11(20)3-2-4-21-15;10-7-4-6(9(15)16)14(13-7)8-5(11)2-1-3-12-8;1-4-2-5(9)3-6(7(4)10)8(11)12;1-5(2,3)4;1-2/h3-8H,1-2H3,(H,22,27)(H,24,28);2-7H,1H3;1-4H,(H,15,16);2-3H,10H2,1H3,(H,11,12);1H3;2H2,1H3. The van der Waals surface area contributed by atoms with Gasteiger partial charge in [0.05, 0.1) is 49.0 Å². The summed E-state index contributed by atoms with van der Waals surface area (Å²) in [5.74, 6) is -1.93. The number of nitrogens with zero attached hydrogens (tertiary/aromatic N) is 10. The molecule has 8 N–H and O–H groups in total. The second kappa shape index (κ2) is 32.6. The van der Waals surface area contributed by atoms with E-state index in [0.29, 0.717) is 89.0 Å². The number of pyridine rings is 3. The number of aromatic nitrogens is 10. The number of amides is 2. The molecule has 0 aliphatic heterocycles. The fraction of sp³-hybridized carbons (Fsp3) is 0.111. The third-order valence-corrected chi connectivity index (χ3v) is 13.7. The molecule has 466 valence electrons. The summed E-state index contributed by atoms with van der Waals surface area (Å²) in [4.78, 5) is 76.1. The number of hydrogen-bond donors (Lipinski definition) is 6. The fourth-order valence-corrected chi connectivity index (χ4v) is 9.90. The first-order valence-corrected chi connectivity index (χ1v) is 31.8. The smallest absolute Gasteiger partial charge is 0.354 e. The van der Waals surface area contributed by atoms with Crippen LogP contribution in [0.3, 0.4) is 0 Å². The third-order valence-electron chi connectivity index (χ3n) is 11.0. The van der Waals surface area contributed by atoms with Gasteiger partial charge in [-0.05, 0) is 165 Å². The summed E-state index contributed by atoms with van der Waals surface area (Å²) in [6, 6.07) is 24.0. The Labute approximate surface area is 565 Å². The minimum atomic E-state index is -3.19. The highest BCUT2D eigenvalue weighted by molar-refractivity contribution is 9.11. The summed E-state index contributed by atoms with van der Waals surface area (Å²) >= 11 is 45.8. The van der Waals surface area contributed by atoms with Crippen molar-refractivity contribution < 1.29 is 42.2 Å². The Kier molecular flexibility index (Phi) is 26.6. The van der Waals surface area contributed by atoms with Crippen LogP contribution in [0.2, 0.25) is 30.1 Å². The molecule has 3 aromatic carbocycles. The van der Waals surface area contributed by atoms with Gasteiger partial charge in [-0.3, -0.25) is 9.59 Å². The maximum atomic E-state index is 13.0. The predicted molar refractivity (Wildman–Crippen MR) is 354 cm³/mol. The van der Waals surface area contributed by atoms with Crippen LogP contribution in [0.4, 0.5) is 11.4 Å². The highest BCUT2D eigenvalue weighted by Crippen LogP contribution is 2.31. The summed E-state index contributed by atoms with van der Waals surface area (Å²) in [7, 11) is 4.31. The number of benzene rings is 3. The molecule has 7 aromatic heterocycles. The Bertz CT molecular complexity index is 4470. The summed E-state index contributed by atoms with van der Waals surface area (Å²) in [6.07, 6.45) is 5.58. The Morgan fingerprint density at radius 3 is 1.52 bits per heavy atom. The Morgan fingerprint density at radius 2 is 1.03 bits per heavy atom. The lowest BCUT2D eigenvalue weighted by Crippen LogP contribution is -2.23. The highest BCUT2D eigenvalue weighted by atomic mass is 79.9. The molecule has 0 unspecified atom stereocenters. The van der Waals surface area contributed by atoms with Gasteiger partial charge in [0.25, 0.3) is 11.8 Å². The van der Waals surface area contributed by atoms with Crippen molar-refractivity contribution >= 4 is 183 Å². The lowest BCUT2D eigenvalue weighted by Gasteiger charge is -2.14. The van der Waals surface area contributed by atoms with E-state index in [1.807, 2.05) is 6.92 Å². The van der Waals surface area contributed by atoms with E-state index in [9.17, 15) is 32.4 Å². The number of aryl methyl sites for hydroxylation is 3. The maximum Gasteiger partial charge on any atom is 0.354 e. The molecule has 7 heterocycles. The van der Waals surface area contributed by atoms with Crippen molar-refractivity contribution in [1.82, 2.24) is 54.6 Å². The molecule has 0 aliphatic rings. The zero-order valence-corrected chi connectivity index (χ0v) is 57.2. The molecule has 0 fully saturated rings. The van der Waals surface area contributed by atoms with Crippen molar-refractivity contribution in [2.45, 2.75) is 20.8 Å². The number of carboxylic acid groups (broad SMARTS) is 2. The van der Waals surface area contributed by atoms with Crippen LogP contribution in [0, 0.1) is 20.8 Å². The van der Waals surface area contributed by atoms with Crippen molar-refractivity contribution in [3.63, 3.8) is 0 Å². The molecule has 2 amide bonds. The molecular formula is C54H44Br3Cl7N14O10S. The van der Waals surface area contributed by atoms with Crippen LogP contribution in [0.15, 0.2) is 133 Å². The van der Waals surface area contributed by atoms with Gasteiger partial charge in [0.1, 0.15) is 25.2 Å². The molecule has 0 spiro atoms. The van der Waals surface area contributed by atoms with E-state index in [2.05, 4.69) is 110 Å². The minimum absolute atomic E-state index is 0.00697. The van der Waals surface area contributed by atoms with Crippen molar-refractivity contribution in [2.75, 3.05) is 31.4 Å². The van der Waals surface area contributed by atoms with Gasteiger partial charge in [-0.2, -0.15) is 15.3 Å². The van der Waals surface area contributed by atoms with Crippen molar-refractivity contribution in [3.05, 3.63) is 203 Å². The van der Waals surface area contributed by atoms with Gasteiger partial charge in [0.15, 0.2) is 23.1 Å². The van der Waals surface area contributed by atoms with E-state index in [4.69, 9.17) is 90.0 Å². The van der Waals surface area contributed by atoms with Gasteiger partial charge in [0, 0.05) is 75.3 Å². The molecule has 0 saturated heterocycles. The number of fused-ring (bicyclic) bond motifs is 1. The van der Waals surface area contributed by atoms with Crippen LogP contribution >= 0.6 is 128 Å². The van der Waals surface area contributed by atoms with E-state index in [1.165, 1.54) is 64.7 Å². The Balaban J connectivity index is 0.000000217. The molecule has 0 bridgehead atoms. The number of nitrogens with one attached hydrogen (secondary N) is 2.